The SMILES string of the molecule is Cc1cc(NC(=O)c2sc(C(C)C)nc2C)no1. The molecule has 0 radical (unpaired) electrons. The molecule has 0 fully saturated rings. The number of aromatic nitrogens is 2. The summed E-state index contributed by atoms with van der Waals surface area (Å²) in [6, 6.07) is 1.68. The van der Waals surface area contributed by atoms with Crippen LogP contribution in [0.2, 0.25) is 0 Å². The number of hydrogen-bond donors (Lipinski definition) is 1. The largest absolute Gasteiger partial charge is 0.360 e. The zero-order valence-electron chi connectivity index (χ0n) is 10.8. The van der Waals surface area contributed by atoms with Gasteiger partial charge in [-0.05, 0) is 13.8 Å². The molecule has 2 rings (SSSR count). The molecule has 0 saturated carbocycles. The molecule has 18 heavy (non-hydrogen) atoms. The summed E-state index contributed by atoms with van der Waals surface area (Å²) in [6.45, 7) is 7.73. The van der Waals surface area contributed by atoms with Gasteiger partial charge in [0.2, 0.25) is 0 Å². The molecule has 1 N–H and O–H groups in total. The van der Waals surface area contributed by atoms with Crippen LogP contribution >= 0.6 is 11.3 Å². The van der Waals surface area contributed by atoms with Crippen LogP contribution in [0.5, 0.6) is 0 Å². The van der Waals surface area contributed by atoms with Gasteiger partial charge in [0.05, 0.1) is 10.7 Å². The lowest BCUT2D eigenvalue weighted by Crippen LogP contribution is -2.11. The van der Waals surface area contributed by atoms with E-state index in [9.17, 15) is 4.79 Å². The molecule has 0 atom stereocenters. The lowest BCUT2D eigenvalue weighted by atomic mass is 10.2. The molecule has 2 aromatic heterocycles. The summed E-state index contributed by atoms with van der Waals surface area (Å²) in [5.74, 6) is 1.22. The highest BCUT2D eigenvalue weighted by Crippen LogP contribution is 2.25. The fourth-order valence-corrected chi connectivity index (χ4v) is 2.44. The van der Waals surface area contributed by atoms with Crippen molar-refractivity contribution in [2.75, 3.05) is 5.32 Å². The first kappa shape index (κ1) is 12.8. The van der Waals surface area contributed by atoms with Crippen molar-refractivity contribution in [2.24, 2.45) is 0 Å². The Balaban J connectivity index is 2.18. The van der Waals surface area contributed by atoms with Gasteiger partial charge in [-0.15, -0.1) is 11.3 Å². The van der Waals surface area contributed by atoms with Crippen LogP contribution in [-0.2, 0) is 0 Å². The van der Waals surface area contributed by atoms with E-state index in [1.807, 2.05) is 6.92 Å². The zero-order chi connectivity index (χ0) is 13.3. The molecular formula is C12H15N3O2S. The highest BCUT2D eigenvalue weighted by atomic mass is 32.1. The Hall–Kier alpha value is -1.69. The average molecular weight is 265 g/mol. The highest BCUT2D eigenvalue weighted by Gasteiger charge is 2.17. The smallest absolute Gasteiger partial charge is 0.268 e. The normalized spacial score (nSPS) is 10.9. The summed E-state index contributed by atoms with van der Waals surface area (Å²) in [7, 11) is 0. The van der Waals surface area contributed by atoms with Gasteiger partial charge in [-0.3, -0.25) is 4.79 Å². The summed E-state index contributed by atoms with van der Waals surface area (Å²) < 4.78 is 4.90. The summed E-state index contributed by atoms with van der Waals surface area (Å²) in [5.41, 5.74) is 0.751. The van der Waals surface area contributed by atoms with E-state index in [4.69, 9.17) is 4.52 Å². The third-order valence-electron chi connectivity index (χ3n) is 2.38. The van der Waals surface area contributed by atoms with Crippen LogP contribution < -0.4 is 5.32 Å². The van der Waals surface area contributed by atoms with Crippen LogP contribution in [0.3, 0.4) is 0 Å². The van der Waals surface area contributed by atoms with E-state index < -0.39 is 0 Å². The van der Waals surface area contributed by atoms with Crippen LogP contribution in [0, 0.1) is 13.8 Å². The fraction of sp³-hybridized carbons (Fsp3) is 0.417. The maximum Gasteiger partial charge on any atom is 0.268 e. The lowest BCUT2D eigenvalue weighted by Gasteiger charge is -1.98. The molecule has 1 amide bonds. The van der Waals surface area contributed by atoms with Gasteiger partial charge in [0, 0.05) is 12.0 Å². The standard InChI is InChI=1S/C12H15N3O2S/c1-6(2)12-13-8(4)10(18-12)11(16)14-9-5-7(3)17-15-9/h5-6H,1-4H3,(H,14,15,16). The molecule has 6 heteroatoms. The highest BCUT2D eigenvalue weighted by molar-refractivity contribution is 7.14. The van der Waals surface area contributed by atoms with Crippen molar-refractivity contribution in [3.63, 3.8) is 0 Å². The minimum atomic E-state index is -0.190. The predicted molar refractivity (Wildman–Crippen MR) is 70.1 cm³/mol. The van der Waals surface area contributed by atoms with Gasteiger partial charge in [0.1, 0.15) is 10.6 Å². The number of amides is 1. The molecule has 5 nitrogen and oxygen atoms in total. The molecule has 0 aliphatic carbocycles. The maximum atomic E-state index is 12.1. The second-order valence-corrected chi connectivity index (χ2v) is 5.43. The third-order valence-corrected chi connectivity index (χ3v) is 3.84. The number of anilines is 1. The molecule has 2 aromatic rings. The zero-order valence-corrected chi connectivity index (χ0v) is 11.6. The third kappa shape index (κ3) is 2.59. The van der Waals surface area contributed by atoms with Crippen LogP contribution in [0.4, 0.5) is 5.82 Å². The van der Waals surface area contributed by atoms with Gasteiger partial charge in [0.15, 0.2) is 5.82 Å². The van der Waals surface area contributed by atoms with E-state index in [1.165, 1.54) is 11.3 Å². The second kappa shape index (κ2) is 4.89. The van der Waals surface area contributed by atoms with E-state index >= 15 is 0 Å². The first-order chi connectivity index (χ1) is 8.47. The Morgan fingerprint density at radius 3 is 2.67 bits per heavy atom. The summed E-state index contributed by atoms with van der Waals surface area (Å²) >= 11 is 1.42. The van der Waals surface area contributed by atoms with E-state index in [0.717, 1.165) is 10.7 Å². The molecule has 0 spiro atoms. The van der Waals surface area contributed by atoms with E-state index in [1.54, 1.807) is 13.0 Å². The molecule has 0 saturated heterocycles. The number of thiazole rings is 1. The molecule has 0 aliphatic heterocycles. The van der Waals surface area contributed by atoms with Gasteiger partial charge in [-0.1, -0.05) is 19.0 Å². The van der Waals surface area contributed by atoms with E-state index in [2.05, 4.69) is 29.3 Å². The number of rotatable bonds is 3. The van der Waals surface area contributed by atoms with Crippen molar-refractivity contribution >= 4 is 23.1 Å². The number of aryl methyl sites for hydroxylation is 2. The quantitative estimate of drug-likeness (QED) is 0.925. The molecule has 0 bridgehead atoms. The average Bonchev–Trinajstić information content (AvgIpc) is 2.85. The maximum absolute atomic E-state index is 12.1. The van der Waals surface area contributed by atoms with E-state index in [-0.39, 0.29) is 5.91 Å². The predicted octanol–water partition coefficient (Wildman–Crippen LogP) is 3.12. The molecule has 0 unspecified atom stereocenters. The van der Waals surface area contributed by atoms with Crippen LogP contribution in [0.15, 0.2) is 10.6 Å². The monoisotopic (exact) mass is 265 g/mol. The molecule has 96 valence electrons. The van der Waals surface area contributed by atoms with Crippen LogP contribution in [0.25, 0.3) is 0 Å². The molecule has 0 aromatic carbocycles. The molecule has 2 heterocycles. The minimum Gasteiger partial charge on any atom is -0.360 e. The van der Waals surface area contributed by atoms with Crippen LogP contribution in [0.1, 0.15) is 45.9 Å². The number of hydrogen-bond acceptors (Lipinski definition) is 5. The van der Waals surface area contributed by atoms with Crippen molar-refractivity contribution in [2.45, 2.75) is 33.6 Å². The van der Waals surface area contributed by atoms with Crippen molar-refractivity contribution in [3.8, 4) is 0 Å². The number of nitrogens with zero attached hydrogens (tertiary/aromatic N) is 2. The Labute approximate surface area is 109 Å². The second-order valence-electron chi connectivity index (χ2n) is 4.40. The number of carbonyl (C=O) groups excluding carboxylic acids is 1. The van der Waals surface area contributed by atoms with Crippen molar-refractivity contribution in [1.29, 1.82) is 0 Å². The van der Waals surface area contributed by atoms with Gasteiger partial charge < -0.3 is 9.84 Å². The topological polar surface area (TPSA) is 68.0 Å². The van der Waals surface area contributed by atoms with E-state index in [0.29, 0.717) is 22.4 Å². The fourth-order valence-electron chi connectivity index (χ4n) is 1.47. The Kier molecular flexibility index (Phi) is 3.47. The first-order valence-electron chi connectivity index (χ1n) is 5.69. The van der Waals surface area contributed by atoms with Crippen molar-refractivity contribution in [3.05, 3.63) is 27.4 Å². The van der Waals surface area contributed by atoms with Gasteiger partial charge in [-0.25, -0.2) is 4.98 Å². The minimum absolute atomic E-state index is 0.190. The van der Waals surface area contributed by atoms with Gasteiger partial charge in [0.25, 0.3) is 5.91 Å². The Morgan fingerprint density at radius 2 is 2.17 bits per heavy atom. The first-order valence-corrected chi connectivity index (χ1v) is 6.51. The summed E-state index contributed by atoms with van der Waals surface area (Å²) in [5, 5.41) is 7.40. The van der Waals surface area contributed by atoms with Crippen LogP contribution in [-0.4, -0.2) is 16.0 Å². The van der Waals surface area contributed by atoms with Crippen molar-refractivity contribution < 1.29 is 9.32 Å². The summed E-state index contributed by atoms with van der Waals surface area (Å²) in [4.78, 5) is 17.1. The molecular weight excluding hydrogens is 250 g/mol. The van der Waals surface area contributed by atoms with Crippen molar-refractivity contribution in [1.82, 2.24) is 10.1 Å². The lowest BCUT2D eigenvalue weighted by molar-refractivity contribution is 0.102. The number of nitrogens with one attached hydrogen (secondary N) is 1. The number of carbonyl (C=O) groups is 1. The Morgan fingerprint density at radius 1 is 1.44 bits per heavy atom. The van der Waals surface area contributed by atoms with Gasteiger partial charge in [-0.2, -0.15) is 0 Å². The molecule has 0 aliphatic rings. The van der Waals surface area contributed by atoms with Gasteiger partial charge >= 0.3 is 0 Å². The Bertz CT molecular complexity index is 572. The summed E-state index contributed by atoms with van der Waals surface area (Å²) in [6.07, 6.45) is 0.